The van der Waals surface area contributed by atoms with Crippen LogP contribution < -0.4 is 14.4 Å². The van der Waals surface area contributed by atoms with E-state index in [0.29, 0.717) is 27.8 Å². The Morgan fingerprint density at radius 3 is 2.59 bits per heavy atom. The minimum atomic E-state index is -0.524. The maximum absolute atomic E-state index is 12.8. The van der Waals surface area contributed by atoms with E-state index in [2.05, 4.69) is 4.74 Å². The first-order chi connectivity index (χ1) is 13.9. The van der Waals surface area contributed by atoms with Gasteiger partial charge in [-0.2, -0.15) is 0 Å². The smallest absolute Gasteiger partial charge is 0.343 e. The van der Waals surface area contributed by atoms with Crippen LogP contribution in [0.5, 0.6) is 11.5 Å². The van der Waals surface area contributed by atoms with E-state index in [1.165, 1.54) is 14.2 Å². The molecule has 150 valence electrons. The van der Waals surface area contributed by atoms with Crippen molar-refractivity contribution in [2.24, 2.45) is 0 Å². The minimum absolute atomic E-state index is 0.250. The zero-order valence-corrected chi connectivity index (χ0v) is 17.1. The van der Waals surface area contributed by atoms with Crippen molar-refractivity contribution in [2.75, 3.05) is 25.7 Å². The van der Waals surface area contributed by atoms with E-state index in [-0.39, 0.29) is 11.5 Å². The topological polar surface area (TPSA) is 82.1 Å². The van der Waals surface area contributed by atoms with E-state index in [0.717, 1.165) is 16.7 Å². The Morgan fingerprint density at radius 1 is 1.14 bits per heavy atom. The van der Waals surface area contributed by atoms with Crippen molar-refractivity contribution in [2.45, 2.75) is 0 Å². The van der Waals surface area contributed by atoms with Crippen LogP contribution in [0.2, 0.25) is 5.02 Å². The van der Waals surface area contributed by atoms with Gasteiger partial charge in [-0.1, -0.05) is 29.8 Å². The Hall–Kier alpha value is -2.97. The molecule has 1 heterocycles. The summed E-state index contributed by atoms with van der Waals surface area (Å²) in [6.45, 7) is -0.261. The number of methoxy groups -OCH3 is 2. The summed E-state index contributed by atoms with van der Waals surface area (Å²) in [5, 5.41) is -0.121. The summed E-state index contributed by atoms with van der Waals surface area (Å²) in [4.78, 5) is 37.7. The third-order valence-electron chi connectivity index (χ3n) is 3.95. The van der Waals surface area contributed by atoms with E-state index in [4.69, 9.17) is 21.1 Å². The highest BCUT2D eigenvalue weighted by Crippen LogP contribution is 2.39. The monoisotopic (exact) mass is 433 g/mol. The number of hydrogen-bond acceptors (Lipinski definition) is 7. The summed E-state index contributed by atoms with van der Waals surface area (Å²) in [7, 11) is 2.72. The second-order valence-electron chi connectivity index (χ2n) is 5.74. The SMILES string of the molecule is COC(=O)COc1ccc(C=C2SC(=O)N(c3ccccc3Cl)C2=O)cc1OC. The van der Waals surface area contributed by atoms with Crippen molar-refractivity contribution < 1.29 is 28.6 Å². The maximum Gasteiger partial charge on any atom is 0.343 e. The number of para-hydroxylation sites is 1. The zero-order chi connectivity index (χ0) is 21.0. The van der Waals surface area contributed by atoms with Crippen LogP contribution in [0.25, 0.3) is 6.08 Å². The van der Waals surface area contributed by atoms with Crippen LogP contribution in [-0.4, -0.2) is 37.9 Å². The molecular formula is C20H16ClNO6S. The molecule has 9 heteroatoms. The highest BCUT2D eigenvalue weighted by molar-refractivity contribution is 8.19. The molecule has 7 nitrogen and oxygen atoms in total. The van der Waals surface area contributed by atoms with E-state index in [1.54, 1.807) is 48.5 Å². The first-order valence-electron chi connectivity index (χ1n) is 8.34. The summed E-state index contributed by atoms with van der Waals surface area (Å²) in [6, 6.07) is 11.6. The lowest BCUT2D eigenvalue weighted by Crippen LogP contribution is -2.27. The number of thioether (sulfide) groups is 1. The van der Waals surface area contributed by atoms with Gasteiger partial charge in [-0.3, -0.25) is 9.59 Å². The van der Waals surface area contributed by atoms with E-state index >= 15 is 0 Å². The number of imide groups is 1. The van der Waals surface area contributed by atoms with Gasteiger partial charge in [0.05, 0.1) is 29.8 Å². The number of ether oxygens (including phenoxy) is 3. The van der Waals surface area contributed by atoms with Crippen molar-refractivity contribution in [1.29, 1.82) is 0 Å². The lowest BCUT2D eigenvalue weighted by molar-refractivity contribution is -0.142. The number of amides is 2. The van der Waals surface area contributed by atoms with Crippen LogP contribution in [0, 0.1) is 0 Å². The lowest BCUT2D eigenvalue weighted by Gasteiger charge is -2.13. The average Bonchev–Trinajstić information content (AvgIpc) is 3.00. The van der Waals surface area contributed by atoms with Gasteiger partial charge >= 0.3 is 5.97 Å². The predicted molar refractivity (Wildman–Crippen MR) is 110 cm³/mol. The van der Waals surface area contributed by atoms with Crippen molar-refractivity contribution in [1.82, 2.24) is 0 Å². The molecule has 2 aromatic carbocycles. The van der Waals surface area contributed by atoms with Crippen LogP contribution in [-0.2, 0) is 14.3 Å². The molecular weight excluding hydrogens is 418 g/mol. The number of nitrogens with zero attached hydrogens (tertiary/aromatic N) is 1. The molecule has 0 atom stereocenters. The number of rotatable bonds is 6. The lowest BCUT2D eigenvalue weighted by atomic mass is 10.2. The zero-order valence-electron chi connectivity index (χ0n) is 15.5. The molecule has 2 amide bonds. The molecule has 1 fully saturated rings. The van der Waals surface area contributed by atoms with Gasteiger partial charge in [-0.05, 0) is 47.7 Å². The van der Waals surface area contributed by atoms with Gasteiger partial charge in [0.15, 0.2) is 18.1 Å². The van der Waals surface area contributed by atoms with Crippen molar-refractivity contribution >= 4 is 52.2 Å². The van der Waals surface area contributed by atoms with Gasteiger partial charge in [0.25, 0.3) is 11.1 Å². The number of hydrogen-bond donors (Lipinski definition) is 0. The van der Waals surface area contributed by atoms with E-state index in [1.807, 2.05) is 0 Å². The second-order valence-corrected chi connectivity index (χ2v) is 7.14. The second kappa shape index (κ2) is 9.02. The molecule has 2 aromatic rings. The fraction of sp³-hybridized carbons (Fsp3) is 0.150. The Morgan fingerprint density at radius 2 is 1.90 bits per heavy atom. The van der Waals surface area contributed by atoms with Crippen LogP contribution in [0.15, 0.2) is 47.4 Å². The highest BCUT2D eigenvalue weighted by Gasteiger charge is 2.37. The predicted octanol–water partition coefficient (Wildman–Crippen LogP) is 4.14. The third-order valence-corrected chi connectivity index (χ3v) is 5.13. The summed E-state index contributed by atoms with van der Waals surface area (Å²) in [5.74, 6) is -0.269. The van der Waals surface area contributed by atoms with Gasteiger partial charge in [-0.25, -0.2) is 9.69 Å². The molecule has 0 bridgehead atoms. The van der Waals surface area contributed by atoms with E-state index < -0.39 is 17.1 Å². The van der Waals surface area contributed by atoms with Gasteiger partial charge in [0.1, 0.15) is 0 Å². The fourth-order valence-electron chi connectivity index (χ4n) is 2.55. The number of anilines is 1. The third kappa shape index (κ3) is 4.55. The molecule has 0 unspecified atom stereocenters. The summed E-state index contributed by atoms with van der Waals surface area (Å²) >= 11 is 6.95. The largest absolute Gasteiger partial charge is 0.493 e. The number of benzene rings is 2. The fourth-order valence-corrected chi connectivity index (χ4v) is 3.60. The van der Waals surface area contributed by atoms with Crippen LogP contribution >= 0.6 is 23.4 Å². The van der Waals surface area contributed by atoms with Crippen LogP contribution in [0.4, 0.5) is 10.5 Å². The van der Waals surface area contributed by atoms with Crippen molar-refractivity contribution in [3.8, 4) is 11.5 Å². The normalized spacial score (nSPS) is 15.0. The van der Waals surface area contributed by atoms with Gasteiger partial charge in [-0.15, -0.1) is 0 Å². The van der Waals surface area contributed by atoms with Crippen molar-refractivity contribution in [3.63, 3.8) is 0 Å². The first-order valence-corrected chi connectivity index (χ1v) is 9.54. The molecule has 0 saturated carbocycles. The average molecular weight is 434 g/mol. The summed E-state index contributed by atoms with van der Waals surface area (Å²) < 4.78 is 15.2. The first kappa shape index (κ1) is 20.8. The molecule has 0 N–H and O–H groups in total. The van der Waals surface area contributed by atoms with Gasteiger partial charge in [0, 0.05) is 0 Å². The Bertz CT molecular complexity index is 1010. The summed E-state index contributed by atoms with van der Waals surface area (Å²) in [5.41, 5.74) is 0.959. The molecule has 0 radical (unpaired) electrons. The maximum atomic E-state index is 12.8. The molecule has 29 heavy (non-hydrogen) atoms. The number of esters is 1. The molecule has 3 rings (SSSR count). The number of carbonyl (C=O) groups excluding carboxylic acids is 3. The molecule has 0 aliphatic carbocycles. The number of halogens is 1. The van der Waals surface area contributed by atoms with Crippen LogP contribution in [0.3, 0.4) is 0 Å². The Labute approximate surface area is 176 Å². The Kier molecular flexibility index (Phi) is 6.46. The number of carbonyl (C=O) groups is 3. The molecule has 0 aromatic heterocycles. The standard InChI is InChI=1S/C20H16ClNO6S/c1-26-16-9-12(7-8-15(16)28-11-18(23)27-2)10-17-19(24)22(20(25)29-17)14-6-4-3-5-13(14)21/h3-10H,11H2,1-2H3. The quantitative estimate of drug-likeness (QED) is 0.500. The van der Waals surface area contributed by atoms with Gasteiger partial charge in [0.2, 0.25) is 0 Å². The summed E-state index contributed by atoms with van der Waals surface area (Å²) in [6.07, 6.45) is 1.58. The van der Waals surface area contributed by atoms with Crippen LogP contribution in [0.1, 0.15) is 5.56 Å². The van der Waals surface area contributed by atoms with E-state index in [9.17, 15) is 14.4 Å². The minimum Gasteiger partial charge on any atom is -0.493 e. The molecule has 1 aliphatic heterocycles. The highest BCUT2D eigenvalue weighted by atomic mass is 35.5. The molecule has 0 spiro atoms. The molecule has 1 aliphatic rings. The van der Waals surface area contributed by atoms with Gasteiger partial charge < -0.3 is 14.2 Å². The molecule has 1 saturated heterocycles. The Balaban J connectivity index is 1.85. The van der Waals surface area contributed by atoms with Crippen molar-refractivity contribution in [3.05, 3.63) is 58.0 Å².